The van der Waals surface area contributed by atoms with Gasteiger partial charge in [-0.3, -0.25) is 4.79 Å². The first-order valence-corrected chi connectivity index (χ1v) is 7.10. The van der Waals surface area contributed by atoms with Crippen molar-refractivity contribution in [1.82, 2.24) is 9.88 Å². The van der Waals surface area contributed by atoms with Crippen molar-refractivity contribution in [3.05, 3.63) is 53.9 Å². The van der Waals surface area contributed by atoms with Crippen molar-refractivity contribution >= 4 is 5.91 Å². The molecule has 2 rings (SSSR count). The molecule has 0 bridgehead atoms. The number of amides is 1. The molecule has 0 saturated heterocycles. The molecule has 0 unspecified atom stereocenters. The third-order valence-electron chi connectivity index (χ3n) is 3.36. The number of carbonyl (C=O) groups is 1. The first-order valence-electron chi connectivity index (χ1n) is 7.10. The summed E-state index contributed by atoms with van der Waals surface area (Å²) in [5.41, 5.74) is 2.91. The van der Waals surface area contributed by atoms with Crippen molar-refractivity contribution in [2.45, 2.75) is 27.2 Å². The molecule has 3 nitrogen and oxygen atoms in total. The van der Waals surface area contributed by atoms with Crippen LogP contribution in [0.3, 0.4) is 0 Å². The van der Waals surface area contributed by atoms with Gasteiger partial charge in [0.05, 0.1) is 0 Å². The van der Waals surface area contributed by atoms with Crippen LogP contribution < -0.4 is 5.32 Å². The summed E-state index contributed by atoms with van der Waals surface area (Å²) in [4.78, 5) is 12.1. The summed E-state index contributed by atoms with van der Waals surface area (Å²) in [5.74, 6) is 0.600. The Balaban J connectivity index is 2.13. The molecule has 0 fully saturated rings. The Bertz CT molecular complexity index is 571. The van der Waals surface area contributed by atoms with E-state index in [2.05, 4.69) is 26.1 Å². The number of nitrogens with zero attached hydrogens (tertiary/aromatic N) is 1. The van der Waals surface area contributed by atoms with Gasteiger partial charge in [0.15, 0.2) is 0 Å². The highest BCUT2D eigenvalue weighted by molar-refractivity contribution is 5.94. The molecule has 1 aromatic carbocycles. The van der Waals surface area contributed by atoms with Gasteiger partial charge in [-0.15, -0.1) is 0 Å². The molecule has 20 heavy (non-hydrogen) atoms. The predicted octanol–water partition coefficient (Wildman–Crippen LogP) is 3.56. The van der Waals surface area contributed by atoms with Gasteiger partial charge in [-0.05, 0) is 49.1 Å². The van der Waals surface area contributed by atoms with Crippen LogP contribution in [0.4, 0.5) is 0 Å². The second-order valence-corrected chi connectivity index (χ2v) is 5.53. The topological polar surface area (TPSA) is 34.0 Å². The van der Waals surface area contributed by atoms with Gasteiger partial charge in [0.25, 0.3) is 5.91 Å². The Hall–Kier alpha value is -2.03. The largest absolute Gasteiger partial charge is 0.352 e. The monoisotopic (exact) mass is 270 g/mol. The van der Waals surface area contributed by atoms with Crippen molar-refractivity contribution < 1.29 is 4.79 Å². The normalized spacial score (nSPS) is 10.8. The minimum atomic E-state index is -0.000874. The van der Waals surface area contributed by atoms with Gasteiger partial charge in [0.2, 0.25) is 0 Å². The Morgan fingerprint density at radius 2 is 1.95 bits per heavy atom. The summed E-state index contributed by atoms with van der Waals surface area (Å²) in [6.07, 6.45) is 4.98. The molecule has 3 heteroatoms. The molecule has 1 heterocycles. The molecule has 0 aliphatic rings. The molecule has 106 valence electrons. The van der Waals surface area contributed by atoms with Crippen LogP contribution in [0.15, 0.2) is 42.7 Å². The van der Waals surface area contributed by atoms with Crippen LogP contribution in [0.5, 0.6) is 0 Å². The SMILES string of the molecule is Cc1ccc(C(=O)NCCC(C)C)cc1-n1cccc1. The van der Waals surface area contributed by atoms with Gasteiger partial charge >= 0.3 is 0 Å². The van der Waals surface area contributed by atoms with E-state index in [1.54, 1.807) is 0 Å². The fourth-order valence-electron chi connectivity index (χ4n) is 2.10. The first-order chi connectivity index (χ1) is 9.58. The van der Waals surface area contributed by atoms with E-state index in [0.717, 1.165) is 24.2 Å². The number of hydrogen-bond donors (Lipinski definition) is 1. The maximum Gasteiger partial charge on any atom is 0.251 e. The van der Waals surface area contributed by atoms with Crippen LogP contribution in [0.1, 0.15) is 36.2 Å². The highest BCUT2D eigenvalue weighted by Gasteiger charge is 2.08. The molecular weight excluding hydrogens is 248 g/mol. The predicted molar refractivity (Wildman–Crippen MR) is 82.3 cm³/mol. The Kier molecular flexibility index (Phi) is 4.61. The molecular formula is C17H22N2O. The minimum Gasteiger partial charge on any atom is -0.352 e. The van der Waals surface area contributed by atoms with Crippen molar-refractivity contribution in [3.8, 4) is 5.69 Å². The van der Waals surface area contributed by atoms with Crippen molar-refractivity contribution in [2.75, 3.05) is 6.54 Å². The zero-order valence-corrected chi connectivity index (χ0v) is 12.4. The molecule has 1 amide bonds. The molecule has 1 N–H and O–H groups in total. The summed E-state index contributed by atoms with van der Waals surface area (Å²) >= 11 is 0. The maximum atomic E-state index is 12.1. The average Bonchev–Trinajstić information content (AvgIpc) is 2.92. The summed E-state index contributed by atoms with van der Waals surface area (Å²) in [6, 6.07) is 9.78. The lowest BCUT2D eigenvalue weighted by Gasteiger charge is -2.11. The van der Waals surface area contributed by atoms with Crippen molar-refractivity contribution in [2.24, 2.45) is 5.92 Å². The standard InChI is InChI=1S/C17H22N2O/c1-13(2)8-9-18-17(20)15-7-6-14(3)16(12-15)19-10-4-5-11-19/h4-7,10-13H,8-9H2,1-3H3,(H,18,20). The summed E-state index contributed by atoms with van der Waals surface area (Å²) in [6.45, 7) is 7.09. The molecule has 0 radical (unpaired) electrons. The van der Waals surface area contributed by atoms with E-state index in [9.17, 15) is 4.79 Å². The van der Waals surface area contributed by atoms with Crippen LogP contribution in [0, 0.1) is 12.8 Å². The zero-order chi connectivity index (χ0) is 14.5. The zero-order valence-electron chi connectivity index (χ0n) is 12.4. The highest BCUT2D eigenvalue weighted by Crippen LogP contribution is 2.16. The van der Waals surface area contributed by atoms with Crippen LogP contribution >= 0.6 is 0 Å². The maximum absolute atomic E-state index is 12.1. The van der Waals surface area contributed by atoms with Gasteiger partial charge in [0.1, 0.15) is 0 Å². The molecule has 0 aliphatic carbocycles. The van der Waals surface area contributed by atoms with Crippen molar-refractivity contribution in [3.63, 3.8) is 0 Å². The summed E-state index contributed by atoms with van der Waals surface area (Å²) < 4.78 is 2.03. The quantitative estimate of drug-likeness (QED) is 0.885. The second kappa shape index (κ2) is 6.42. The van der Waals surface area contributed by atoms with Crippen LogP contribution in [-0.4, -0.2) is 17.0 Å². The molecule has 0 atom stereocenters. The number of aryl methyl sites for hydroxylation is 1. The van der Waals surface area contributed by atoms with Gasteiger partial charge in [-0.2, -0.15) is 0 Å². The average molecular weight is 270 g/mol. The van der Waals surface area contributed by atoms with E-state index in [0.29, 0.717) is 11.5 Å². The molecule has 0 saturated carbocycles. The first kappa shape index (κ1) is 14.4. The Labute approximate surface area is 120 Å². The number of carbonyl (C=O) groups excluding carboxylic acids is 1. The second-order valence-electron chi connectivity index (χ2n) is 5.53. The molecule has 0 spiro atoms. The fourth-order valence-corrected chi connectivity index (χ4v) is 2.10. The van der Waals surface area contributed by atoms with Gasteiger partial charge in [0, 0.05) is 30.2 Å². The Morgan fingerprint density at radius 1 is 1.25 bits per heavy atom. The number of hydrogen-bond acceptors (Lipinski definition) is 1. The minimum absolute atomic E-state index is 0.000874. The van der Waals surface area contributed by atoms with E-state index in [1.165, 1.54) is 0 Å². The lowest BCUT2D eigenvalue weighted by molar-refractivity contribution is 0.0952. The third-order valence-corrected chi connectivity index (χ3v) is 3.36. The smallest absolute Gasteiger partial charge is 0.251 e. The van der Waals surface area contributed by atoms with Gasteiger partial charge < -0.3 is 9.88 Å². The number of benzene rings is 1. The lowest BCUT2D eigenvalue weighted by atomic mass is 10.1. The van der Waals surface area contributed by atoms with E-state index >= 15 is 0 Å². The number of aromatic nitrogens is 1. The molecule has 0 aliphatic heterocycles. The van der Waals surface area contributed by atoms with E-state index in [1.807, 2.05) is 47.3 Å². The fraction of sp³-hybridized carbons (Fsp3) is 0.353. The lowest BCUT2D eigenvalue weighted by Crippen LogP contribution is -2.25. The summed E-state index contributed by atoms with van der Waals surface area (Å²) in [7, 11) is 0. The summed E-state index contributed by atoms with van der Waals surface area (Å²) in [5, 5.41) is 2.97. The van der Waals surface area contributed by atoms with Crippen molar-refractivity contribution in [1.29, 1.82) is 0 Å². The van der Waals surface area contributed by atoms with Gasteiger partial charge in [-0.1, -0.05) is 19.9 Å². The third kappa shape index (κ3) is 3.50. The van der Waals surface area contributed by atoms with Gasteiger partial charge in [-0.25, -0.2) is 0 Å². The number of rotatable bonds is 5. The van der Waals surface area contributed by atoms with E-state index in [-0.39, 0.29) is 5.91 Å². The van der Waals surface area contributed by atoms with Crippen LogP contribution in [0.25, 0.3) is 5.69 Å². The molecule has 1 aromatic heterocycles. The number of nitrogens with one attached hydrogen (secondary N) is 1. The Morgan fingerprint density at radius 3 is 2.60 bits per heavy atom. The van der Waals surface area contributed by atoms with E-state index in [4.69, 9.17) is 0 Å². The van der Waals surface area contributed by atoms with Crippen LogP contribution in [0.2, 0.25) is 0 Å². The molecule has 2 aromatic rings. The highest BCUT2D eigenvalue weighted by atomic mass is 16.1. The van der Waals surface area contributed by atoms with E-state index < -0.39 is 0 Å². The van der Waals surface area contributed by atoms with Crippen LogP contribution in [-0.2, 0) is 0 Å².